The van der Waals surface area contributed by atoms with Crippen LogP contribution in [0.2, 0.25) is 0 Å². The van der Waals surface area contributed by atoms with Crippen LogP contribution in [-0.2, 0) is 11.2 Å². The van der Waals surface area contributed by atoms with Gasteiger partial charge in [0.15, 0.2) is 0 Å². The number of hydrogen-bond donors (Lipinski definition) is 2. The van der Waals surface area contributed by atoms with Crippen molar-refractivity contribution in [1.29, 1.82) is 0 Å². The molecule has 3 nitrogen and oxygen atoms in total. The molecule has 2 rings (SSSR count). The number of unbranched alkanes of at least 4 members (excludes halogenated alkanes) is 8. The normalized spacial score (nSPS) is 15.6. The minimum absolute atomic E-state index is 0.848. The predicted octanol–water partition coefficient (Wildman–Crippen LogP) is 5.56. The molecule has 2 N–H and O–H groups in total. The van der Waals surface area contributed by atoms with E-state index in [-0.39, 0.29) is 0 Å². The van der Waals surface area contributed by atoms with Crippen LogP contribution < -0.4 is 5.32 Å². The molecule has 0 aromatic carbocycles. The third-order valence-electron chi connectivity index (χ3n) is 4.68. The molecule has 2 heterocycles. The molecule has 0 fully saturated rings. The first-order chi connectivity index (χ1) is 11.8. The smallest absolute Gasteiger partial charge is 0.139 e. The van der Waals surface area contributed by atoms with E-state index in [9.17, 15) is 0 Å². The molecule has 0 aliphatic carbocycles. The van der Waals surface area contributed by atoms with Crippen molar-refractivity contribution in [3.63, 3.8) is 0 Å². The SMILES string of the molecule is CCCCCCCCCCCc1ccc(C=C2NCC=C2OC)[nH]1. The third kappa shape index (κ3) is 6.46. The number of methoxy groups -OCH3 is 1. The van der Waals surface area contributed by atoms with Crippen molar-refractivity contribution < 1.29 is 4.74 Å². The molecular weight excluding hydrogens is 296 g/mol. The quantitative estimate of drug-likeness (QED) is 0.492. The fourth-order valence-electron chi connectivity index (χ4n) is 3.24. The second-order valence-corrected chi connectivity index (χ2v) is 6.73. The van der Waals surface area contributed by atoms with Crippen LogP contribution in [0.25, 0.3) is 6.08 Å². The Morgan fingerprint density at radius 2 is 1.71 bits per heavy atom. The van der Waals surface area contributed by atoms with E-state index in [0.717, 1.165) is 30.1 Å². The van der Waals surface area contributed by atoms with Crippen molar-refractivity contribution >= 4 is 6.08 Å². The Morgan fingerprint density at radius 3 is 2.42 bits per heavy atom. The van der Waals surface area contributed by atoms with Crippen molar-refractivity contribution in [1.82, 2.24) is 10.3 Å². The lowest BCUT2D eigenvalue weighted by Crippen LogP contribution is -2.06. The van der Waals surface area contributed by atoms with Crippen molar-refractivity contribution in [2.75, 3.05) is 13.7 Å². The second kappa shape index (κ2) is 11.0. The minimum atomic E-state index is 0.848. The summed E-state index contributed by atoms with van der Waals surface area (Å²) in [7, 11) is 1.72. The summed E-state index contributed by atoms with van der Waals surface area (Å²) in [5.41, 5.74) is 3.55. The summed E-state index contributed by atoms with van der Waals surface area (Å²) < 4.78 is 5.35. The van der Waals surface area contributed by atoms with Crippen LogP contribution in [0.5, 0.6) is 0 Å². The van der Waals surface area contributed by atoms with Crippen LogP contribution in [-0.4, -0.2) is 18.6 Å². The molecule has 1 aromatic heterocycles. The zero-order valence-electron chi connectivity index (χ0n) is 15.5. The van der Waals surface area contributed by atoms with E-state index in [2.05, 4.69) is 41.5 Å². The van der Waals surface area contributed by atoms with Gasteiger partial charge in [-0.2, -0.15) is 0 Å². The van der Waals surface area contributed by atoms with Crippen molar-refractivity contribution in [3.8, 4) is 0 Å². The summed E-state index contributed by atoms with van der Waals surface area (Å²) in [5.74, 6) is 0.935. The molecule has 0 bridgehead atoms. The average Bonchev–Trinajstić information content (AvgIpc) is 3.23. The lowest BCUT2D eigenvalue weighted by molar-refractivity contribution is 0.302. The number of aromatic amines is 1. The highest BCUT2D eigenvalue weighted by Gasteiger charge is 2.11. The molecule has 1 aromatic rings. The Morgan fingerprint density at radius 1 is 1.00 bits per heavy atom. The number of H-pyrrole nitrogens is 1. The lowest BCUT2D eigenvalue weighted by atomic mass is 10.1. The van der Waals surface area contributed by atoms with Crippen LogP contribution in [0.15, 0.2) is 29.7 Å². The first-order valence-electron chi connectivity index (χ1n) is 9.71. The summed E-state index contributed by atoms with van der Waals surface area (Å²) in [6.07, 6.45) is 17.8. The van der Waals surface area contributed by atoms with Gasteiger partial charge in [0.05, 0.1) is 12.8 Å². The summed E-state index contributed by atoms with van der Waals surface area (Å²) in [5, 5.41) is 3.32. The Labute approximate surface area is 147 Å². The van der Waals surface area contributed by atoms with Crippen molar-refractivity contribution in [2.24, 2.45) is 0 Å². The summed E-state index contributed by atoms with van der Waals surface area (Å²) >= 11 is 0. The van der Waals surface area contributed by atoms with E-state index in [4.69, 9.17) is 4.74 Å². The van der Waals surface area contributed by atoms with Gasteiger partial charge < -0.3 is 15.0 Å². The molecule has 0 radical (unpaired) electrons. The Hall–Kier alpha value is -1.64. The molecule has 0 unspecified atom stereocenters. The fraction of sp³-hybridized carbons (Fsp3) is 0.619. The third-order valence-corrected chi connectivity index (χ3v) is 4.68. The number of hydrogen-bond acceptors (Lipinski definition) is 2. The highest BCUT2D eigenvalue weighted by Crippen LogP contribution is 2.17. The fourth-order valence-corrected chi connectivity index (χ4v) is 3.24. The zero-order valence-corrected chi connectivity index (χ0v) is 15.5. The standard InChI is InChI=1S/C21H34N2O/c1-3-4-5-6-7-8-9-10-11-12-18-13-14-19(23-18)17-20-21(24-2)15-16-22-20/h13-15,17,22-23H,3-12,16H2,1-2H3. The molecule has 134 valence electrons. The number of aromatic nitrogens is 1. The molecule has 0 atom stereocenters. The lowest BCUT2D eigenvalue weighted by Gasteiger charge is -2.04. The van der Waals surface area contributed by atoms with Gasteiger partial charge in [0.1, 0.15) is 5.76 Å². The van der Waals surface area contributed by atoms with Crippen molar-refractivity contribution in [3.05, 3.63) is 41.1 Å². The van der Waals surface area contributed by atoms with Crippen LogP contribution in [0.3, 0.4) is 0 Å². The maximum Gasteiger partial charge on any atom is 0.139 e. The van der Waals surface area contributed by atoms with Gasteiger partial charge in [-0.3, -0.25) is 0 Å². The van der Waals surface area contributed by atoms with Crippen LogP contribution in [0, 0.1) is 0 Å². The highest BCUT2D eigenvalue weighted by atomic mass is 16.5. The summed E-state index contributed by atoms with van der Waals surface area (Å²) in [4.78, 5) is 3.51. The number of nitrogens with one attached hydrogen (secondary N) is 2. The second-order valence-electron chi connectivity index (χ2n) is 6.73. The number of rotatable bonds is 12. The molecule has 0 amide bonds. The van der Waals surface area contributed by atoms with Gasteiger partial charge in [-0.15, -0.1) is 0 Å². The molecular formula is C21H34N2O. The van der Waals surface area contributed by atoms with E-state index in [1.165, 1.54) is 63.5 Å². The van der Waals surface area contributed by atoms with Crippen LogP contribution in [0.1, 0.15) is 76.1 Å². The van der Waals surface area contributed by atoms with Gasteiger partial charge in [0, 0.05) is 17.9 Å². The molecule has 3 heteroatoms. The van der Waals surface area contributed by atoms with E-state index >= 15 is 0 Å². The molecule has 0 spiro atoms. The van der Waals surface area contributed by atoms with Crippen LogP contribution in [0.4, 0.5) is 0 Å². The van der Waals surface area contributed by atoms with Gasteiger partial charge in [0.2, 0.25) is 0 Å². The van der Waals surface area contributed by atoms with Gasteiger partial charge in [-0.05, 0) is 37.1 Å². The maximum absolute atomic E-state index is 5.35. The van der Waals surface area contributed by atoms with E-state index in [1.807, 2.05) is 0 Å². The average molecular weight is 331 g/mol. The highest BCUT2D eigenvalue weighted by molar-refractivity contribution is 5.55. The topological polar surface area (TPSA) is 37.0 Å². The van der Waals surface area contributed by atoms with Gasteiger partial charge in [-0.25, -0.2) is 0 Å². The van der Waals surface area contributed by atoms with Gasteiger partial charge in [-0.1, -0.05) is 58.3 Å². The number of aryl methyl sites for hydroxylation is 1. The molecule has 1 aliphatic heterocycles. The van der Waals surface area contributed by atoms with Crippen molar-refractivity contribution in [2.45, 2.75) is 71.1 Å². The van der Waals surface area contributed by atoms with Crippen LogP contribution >= 0.6 is 0 Å². The Kier molecular flexibility index (Phi) is 8.58. The Balaban J connectivity index is 1.60. The predicted molar refractivity (Wildman–Crippen MR) is 103 cm³/mol. The zero-order chi connectivity index (χ0) is 17.0. The first-order valence-corrected chi connectivity index (χ1v) is 9.71. The largest absolute Gasteiger partial charge is 0.495 e. The van der Waals surface area contributed by atoms with E-state index in [1.54, 1.807) is 7.11 Å². The van der Waals surface area contributed by atoms with E-state index in [0.29, 0.717) is 0 Å². The van der Waals surface area contributed by atoms with E-state index < -0.39 is 0 Å². The molecule has 24 heavy (non-hydrogen) atoms. The molecule has 1 aliphatic rings. The molecule has 0 saturated heterocycles. The summed E-state index contributed by atoms with van der Waals surface area (Å²) in [6.45, 7) is 3.13. The minimum Gasteiger partial charge on any atom is -0.495 e. The monoisotopic (exact) mass is 330 g/mol. The van der Waals surface area contributed by atoms with Gasteiger partial charge in [0.25, 0.3) is 0 Å². The number of ether oxygens (including phenoxy) is 1. The summed E-state index contributed by atoms with van der Waals surface area (Å²) in [6, 6.07) is 4.37. The maximum atomic E-state index is 5.35. The van der Waals surface area contributed by atoms with Gasteiger partial charge >= 0.3 is 0 Å². The molecule has 0 saturated carbocycles. The Bertz CT molecular complexity index is 528. The first kappa shape index (κ1) is 18.7.